The van der Waals surface area contributed by atoms with E-state index in [0.717, 1.165) is 5.56 Å². The first-order valence-electron chi connectivity index (χ1n) is 12.2. The standard InChI is InChI=1S/C25H35N7O6/c1-15(2)8-20(25(37)38)32-24(36)18(9-16-6-4-3-5-7-16)31-22(34)13-28-23(35)19(30-21(33)11-26)10-17-12-27-14-29-17/h3-7,12,14-15,18-20H,8-11,13,26H2,1-2H3,(H,27,29)(H,28,35)(H,30,33)(H,31,34)(H,32,36)(H,37,38)/t18-,19-,20-/m0/s1. The topological polar surface area (TPSA) is 208 Å². The van der Waals surface area contributed by atoms with Gasteiger partial charge < -0.3 is 37.1 Å². The molecule has 0 saturated carbocycles. The number of carboxylic acids is 1. The molecule has 0 aliphatic rings. The number of carbonyl (C=O) groups excluding carboxylic acids is 4. The number of carbonyl (C=O) groups is 5. The molecule has 3 atom stereocenters. The number of nitrogens with one attached hydrogen (secondary N) is 5. The van der Waals surface area contributed by atoms with Crippen LogP contribution < -0.4 is 27.0 Å². The van der Waals surface area contributed by atoms with Crippen molar-refractivity contribution >= 4 is 29.6 Å². The fraction of sp³-hybridized carbons (Fsp3) is 0.440. The van der Waals surface area contributed by atoms with Crippen LogP contribution in [-0.4, -0.2) is 75.9 Å². The molecule has 0 aliphatic heterocycles. The van der Waals surface area contributed by atoms with Gasteiger partial charge in [0.2, 0.25) is 23.6 Å². The molecule has 38 heavy (non-hydrogen) atoms. The molecular weight excluding hydrogens is 494 g/mol. The van der Waals surface area contributed by atoms with Crippen molar-refractivity contribution in [1.29, 1.82) is 0 Å². The summed E-state index contributed by atoms with van der Waals surface area (Å²) in [6, 6.07) is 5.68. The second-order valence-corrected chi connectivity index (χ2v) is 9.16. The first-order chi connectivity index (χ1) is 18.1. The van der Waals surface area contributed by atoms with E-state index in [1.165, 1.54) is 12.5 Å². The maximum atomic E-state index is 13.0. The molecule has 1 heterocycles. The fourth-order valence-corrected chi connectivity index (χ4v) is 3.64. The number of hydrogen-bond acceptors (Lipinski definition) is 7. The molecule has 0 aliphatic carbocycles. The summed E-state index contributed by atoms with van der Waals surface area (Å²) in [5.74, 6) is -3.67. The van der Waals surface area contributed by atoms with E-state index in [2.05, 4.69) is 31.2 Å². The Morgan fingerprint density at radius 1 is 0.921 bits per heavy atom. The second kappa shape index (κ2) is 15.1. The van der Waals surface area contributed by atoms with Crippen molar-refractivity contribution in [3.05, 3.63) is 54.1 Å². The number of aromatic amines is 1. The summed E-state index contributed by atoms with van der Waals surface area (Å²) in [7, 11) is 0. The van der Waals surface area contributed by atoms with Gasteiger partial charge in [0.15, 0.2) is 0 Å². The van der Waals surface area contributed by atoms with Crippen molar-refractivity contribution < 1.29 is 29.1 Å². The first kappa shape index (κ1) is 30.0. The average molecular weight is 530 g/mol. The van der Waals surface area contributed by atoms with E-state index in [-0.39, 0.29) is 31.7 Å². The van der Waals surface area contributed by atoms with Crippen LogP contribution in [0.1, 0.15) is 31.5 Å². The smallest absolute Gasteiger partial charge is 0.326 e. The van der Waals surface area contributed by atoms with Crippen molar-refractivity contribution in [1.82, 2.24) is 31.2 Å². The van der Waals surface area contributed by atoms with Crippen LogP contribution in [0.3, 0.4) is 0 Å². The molecular formula is C25H35N7O6. The zero-order chi connectivity index (χ0) is 28.1. The fourth-order valence-electron chi connectivity index (χ4n) is 3.64. The zero-order valence-corrected chi connectivity index (χ0v) is 21.4. The van der Waals surface area contributed by atoms with Crippen molar-refractivity contribution in [3.63, 3.8) is 0 Å². The van der Waals surface area contributed by atoms with Crippen molar-refractivity contribution in [3.8, 4) is 0 Å². The van der Waals surface area contributed by atoms with E-state index in [9.17, 15) is 29.1 Å². The lowest BCUT2D eigenvalue weighted by molar-refractivity contribution is -0.142. The predicted molar refractivity (Wildman–Crippen MR) is 137 cm³/mol. The molecule has 13 heteroatoms. The summed E-state index contributed by atoms with van der Waals surface area (Å²) >= 11 is 0. The summed E-state index contributed by atoms with van der Waals surface area (Å²) in [5, 5.41) is 19.5. The van der Waals surface area contributed by atoms with Gasteiger partial charge in [-0.1, -0.05) is 44.2 Å². The van der Waals surface area contributed by atoms with Crippen molar-refractivity contribution in [2.45, 2.75) is 51.2 Å². The lowest BCUT2D eigenvalue weighted by Gasteiger charge is -2.23. The van der Waals surface area contributed by atoms with Crippen molar-refractivity contribution in [2.75, 3.05) is 13.1 Å². The number of aliphatic carboxylic acids is 1. The van der Waals surface area contributed by atoms with Crippen LogP contribution in [0, 0.1) is 5.92 Å². The van der Waals surface area contributed by atoms with Gasteiger partial charge in [0, 0.05) is 24.7 Å². The molecule has 1 aromatic carbocycles. The highest BCUT2D eigenvalue weighted by Gasteiger charge is 2.28. The maximum absolute atomic E-state index is 13.0. The summed E-state index contributed by atoms with van der Waals surface area (Å²) < 4.78 is 0. The van der Waals surface area contributed by atoms with E-state index in [4.69, 9.17) is 5.73 Å². The minimum atomic E-state index is -1.17. The Morgan fingerprint density at radius 3 is 2.16 bits per heavy atom. The molecule has 2 rings (SSSR count). The monoisotopic (exact) mass is 529 g/mol. The largest absolute Gasteiger partial charge is 0.480 e. The number of hydrogen-bond donors (Lipinski definition) is 7. The number of aromatic nitrogens is 2. The van der Waals surface area contributed by atoms with Gasteiger partial charge in [-0.3, -0.25) is 19.2 Å². The third kappa shape index (κ3) is 10.4. The van der Waals surface area contributed by atoms with Crippen molar-refractivity contribution in [2.24, 2.45) is 11.7 Å². The molecule has 13 nitrogen and oxygen atoms in total. The molecule has 0 saturated heterocycles. The Kier molecular flexibility index (Phi) is 11.9. The van der Waals surface area contributed by atoms with E-state index in [1.807, 2.05) is 13.8 Å². The first-order valence-corrected chi connectivity index (χ1v) is 12.2. The third-order valence-corrected chi connectivity index (χ3v) is 5.50. The molecule has 0 unspecified atom stereocenters. The van der Waals surface area contributed by atoms with Gasteiger partial charge in [-0.2, -0.15) is 0 Å². The number of benzene rings is 1. The minimum absolute atomic E-state index is 0.0169. The van der Waals surface area contributed by atoms with Gasteiger partial charge in [-0.15, -0.1) is 0 Å². The van der Waals surface area contributed by atoms with Crippen LogP contribution in [0.5, 0.6) is 0 Å². The van der Waals surface area contributed by atoms with Gasteiger partial charge in [-0.25, -0.2) is 9.78 Å². The molecule has 4 amide bonds. The highest BCUT2D eigenvalue weighted by Crippen LogP contribution is 2.08. The van der Waals surface area contributed by atoms with E-state index in [1.54, 1.807) is 30.3 Å². The Balaban J connectivity index is 2.07. The van der Waals surface area contributed by atoms with Crippen LogP contribution in [0.4, 0.5) is 0 Å². The van der Waals surface area contributed by atoms with E-state index in [0.29, 0.717) is 5.69 Å². The molecule has 0 bridgehead atoms. The van der Waals surface area contributed by atoms with Crippen LogP contribution in [-0.2, 0) is 36.8 Å². The maximum Gasteiger partial charge on any atom is 0.326 e. The molecule has 2 aromatic rings. The van der Waals surface area contributed by atoms with E-state index < -0.39 is 54.3 Å². The summed E-state index contributed by atoms with van der Waals surface area (Å²) in [6.45, 7) is 2.87. The Morgan fingerprint density at radius 2 is 1.58 bits per heavy atom. The highest BCUT2D eigenvalue weighted by atomic mass is 16.4. The number of H-pyrrole nitrogens is 1. The van der Waals surface area contributed by atoms with Crippen LogP contribution in [0.15, 0.2) is 42.9 Å². The molecule has 206 valence electrons. The third-order valence-electron chi connectivity index (χ3n) is 5.50. The van der Waals surface area contributed by atoms with Gasteiger partial charge in [0.1, 0.15) is 18.1 Å². The minimum Gasteiger partial charge on any atom is -0.480 e. The SMILES string of the molecule is CC(C)C[C@H](NC(=O)[C@H](Cc1ccccc1)NC(=O)CNC(=O)[C@H](Cc1cnc[nH]1)NC(=O)CN)C(=O)O. The second-order valence-electron chi connectivity index (χ2n) is 9.16. The lowest BCUT2D eigenvalue weighted by Crippen LogP contribution is -2.55. The normalized spacial score (nSPS) is 13.2. The van der Waals surface area contributed by atoms with Crippen LogP contribution >= 0.6 is 0 Å². The predicted octanol–water partition coefficient (Wildman–Crippen LogP) is -1.15. The molecule has 0 spiro atoms. The number of imidazole rings is 1. The van der Waals surface area contributed by atoms with E-state index >= 15 is 0 Å². The van der Waals surface area contributed by atoms with Gasteiger partial charge in [0.25, 0.3) is 0 Å². The zero-order valence-electron chi connectivity index (χ0n) is 21.4. The quantitative estimate of drug-likeness (QED) is 0.149. The van der Waals surface area contributed by atoms with Gasteiger partial charge in [0.05, 0.1) is 19.4 Å². The lowest BCUT2D eigenvalue weighted by atomic mass is 10.0. The number of rotatable bonds is 15. The summed E-state index contributed by atoms with van der Waals surface area (Å²) in [5.41, 5.74) is 6.67. The van der Waals surface area contributed by atoms with Gasteiger partial charge >= 0.3 is 5.97 Å². The number of nitrogens with zero attached hydrogens (tertiary/aromatic N) is 1. The molecule has 1 aromatic heterocycles. The molecule has 0 fully saturated rings. The Hall–Kier alpha value is -4.26. The van der Waals surface area contributed by atoms with Crippen LogP contribution in [0.25, 0.3) is 0 Å². The highest BCUT2D eigenvalue weighted by molar-refractivity contribution is 5.93. The van der Waals surface area contributed by atoms with Gasteiger partial charge in [-0.05, 0) is 17.9 Å². The summed E-state index contributed by atoms with van der Waals surface area (Å²) in [4.78, 5) is 68.6. The molecule has 8 N–H and O–H groups in total. The molecule has 0 radical (unpaired) electrons. The number of nitrogens with two attached hydrogens (primary N) is 1. The Labute approximate surface area is 220 Å². The van der Waals surface area contributed by atoms with Crippen LogP contribution in [0.2, 0.25) is 0 Å². The number of amides is 4. The Bertz CT molecular complexity index is 1080. The number of carboxylic acid groups (broad SMARTS) is 1. The summed E-state index contributed by atoms with van der Waals surface area (Å²) in [6.07, 6.45) is 3.34. The average Bonchev–Trinajstić information content (AvgIpc) is 3.39.